The third-order valence-corrected chi connectivity index (χ3v) is 7.33. The van der Waals surface area contributed by atoms with E-state index in [0.29, 0.717) is 33.5 Å². The lowest BCUT2D eigenvalue weighted by Gasteiger charge is -2.15. The fourth-order valence-corrected chi connectivity index (χ4v) is 5.56. The van der Waals surface area contributed by atoms with Gasteiger partial charge in [0.25, 0.3) is 0 Å². The number of hydrogen-bond donors (Lipinski definition) is 0. The first-order valence-electron chi connectivity index (χ1n) is 12.8. The van der Waals surface area contributed by atoms with Crippen molar-refractivity contribution in [1.29, 1.82) is 0 Å². The van der Waals surface area contributed by atoms with Gasteiger partial charge >= 0.3 is 0 Å². The number of imidazole rings is 1. The van der Waals surface area contributed by atoms with Gasteiger partial charge in [0.1, 0.15) is 17.2 Å². The van der Waals surface area contributed by atoms with Crippen LogP contribution in [0.1, 0.15) is 0 Å². The Morgan fingerprint density at radius 2 is 1.44 bits per heavy atom. The van der Waals surface area contributed by atoms with Crippen LogP contribution in [0.25, 0.3) is 72.1 Å². The van der Waals surface area contributed by atoms with Crippen LogP contribution in [-0.4, -0.2) is 14.5 Å². The van der Waals surface area contributed by atoms with Crippen molar-refractivity contribution in [2.24, 2.45) is 0 Å². The monoisotopic (exact) mass is 505 g/mol. The molecule has 8 aromatic rings. The standard InChI is InChI=1S/C34H20FN3O/c35-26-19-18-25(32-30(26)31-33(39-32)24-14-5-4-12-22(24)20-36-31)34-37-27-15-7-9-17-29(27)38(34)28-16-8-6-13-23(28)21-10-2-1-3-11-21/h1-20H. The minimum Gasteiger partial charge on any atom is -0.453 e. The van der Waals surface area contributed by atoms with Crippen molar-refractivity contribution in [1.82, 2.24) is 14.5 Å². The number of aromatic nitrogens is 3. The van der Waals surface area contributed by atoms with Gasteiger partial charge in [-0.1, -0.05) is 84.9 Å². The first kappa shape index (κ1) is 21.8. The summed E-state index contributed by atoms with van der Waals surface area (Å²) in [5.41, 5.74) is 7.15. The van der Waals surface area contributed by atoms with Gasteiger partial charge in [0.05, 0.1) is 27.7 Å². The summed E-state index contributed by atoms with van der Waals surface area (Å²) in [4.78, 5) is 9.68. The molecule has 39 heavy (non-hydrogen) atoms. The summed E-state index contributed by atoms with van der Waals surface area (Å²) in [5, 5.41) is 2.20. The number of hydrogen-bond acceptors (Lipinski definition) is 3. The average molecular weight is 506 g/mol. The molecule has 0 aliphatic carbocycles. The molecule has 5 heteroatoms. The van der Waals surface area contributed by atoms with Crippen LogP contribution in [0.3, 0.4) is 0 Å². The van der Waals surface area contributed by atoms with E-state index in [4.69, 9.17) is 9.40 Å². The molecule has 3 aromatic heterocycles. The number of rotatable bonds is 3. The summed E-state index contributed by atoms with van der Waals surface area (Å²) in [6.07, 6.45) is 1.77. The first-order chi connectivity index (χ1) is 19.3. The van der Waals surface area contributed by atoms with Crippen molar-refractivity contribution in [3.8, 4) is 28.2 Å². The summed E-state index contributed by atoms with van der Waals surface area (Å²) in [7, 11) is 0. The molecule has 4 nitrogen and oxygen atoms in total. The van der Waals surface area contributed by atoms with Gasteiger partial charge in [-0.25, -0.2) is 9.37 Å². The van der Waals surface area contributed by atoms with E-state index in [1.54, 1.807) is 12.3 Å². The first-order valence-corrected chi connectivity index (χ1v) is 12.8. The Labute approximate surface area is 222 Å². The number of pyridine rings is 1. The summed E-state index contributed by atoms with van der Waals surface area (Å²) < 4.78 is 24.1. The van der Waals surface area contributed by atoms with Crippen LogP contribution in [-0.2, 0) is 0 Å². The molecule has 0 bridgehead atoms. The third-order valence-electron chi connectivity index (χ3n) is 7.33. The molecule has 8 rings (SSSR count). The molecule has 3 heterocycles. The smallest absolute Gasteiger partial charge is 0.161 e. The van der Waals surface area contributed by atoms with E-state index in [-0.39, 0.29) is 5.82 Å². The highest BCUT2D eigenvalue weighted by molar-refractivity contribution is 6.15. The van der Waals surface area contributed by atoms with Gasteiger partial charge in [-0.15, -0.1) is 0 Å². The van der Waals surface area contributed by atoms with Gasteiger partial charge in [0, 0.05) is 22.5 Å². The van der Waals surface area contributed by atoms with Crippen LogP contribution in [0.15, 0.2) is 126 Å². The molecule has 0 spiro atoms. The van der Waals surface area contributed by atoms with Gasteiger partial charge in [-0.2, -0.15) is 0 Å². The Balaban J connectivity index is 1.49. The average Bonchev–Trinajstić information content (AvgIpc) is 3.58. The molecule has 0 radical (unpaired) electrons. The normalized spacial score (nSPS) is 11.7. The Morgan fingerprint density at radius 1 is 0.667 bits per heavy atom. The van der Waals surface area contributed by atoms with Crippen LogP contribution in [0.4, 0.5) is 4.39 Å². The van der Waals surface area contributed by atoms with Gasteiger partial charge in [0.15, 0.2) is 11.2 Å². The van der Waals surface area contributed by atoms with Crippen molar-refractivity contribution in [2.75, 3.05) is 0 Å². The van der Waals surface area contributed by atoms with Crippen LogP contribution in [0, 0.1) is 5.82 Å². The van der Waals surface area contributed by atoms with Crippen molar-refractivity contribution in [2.45, 2.75) is 0 Å². The second-order valence-electron chi connectivity index (χ2n) is 9.57. The van der Waals surface area contributed by atoms with E-state index in [2.05, 4.69) is 39.9 Å². The minimum atomic E-state index is -0.373. The summed E-state index contributed by atoms with van der Waals surface area (Å²) >= 11 is 0. The van der Waals surface area contributed by atoms with E-state index < -0.39 is 0 Å². The van der Waals surface area contributed by atoms with Crippen molar-refractivity contribution in [3.63, 3.8) is 0 Å². The van der Waals surface area contributed by atoms with Crippen LogP contribution in [0.2, 0.25) is 0 Å². The maximum atomic E-state index is 15.4. The Hall–Kier alpha value is -5.29. The lowest BCUT2D eigenvalue weighted by molar-refractivity contribution is 0.634. The molecule has 0 aliphatic heterocycles. The maximum Gasteiger partial charge on any atom is 0.161 e. The molecule has 0 amide bonds. The van der Waals surface area contributed by atoms with Crippen LogP contribution >= 0.6 is 0 Å². The number of nitrogens with zero attached hydrogens (tertiary/aromatic N) is 3. The fourth-order valence-electron chi connectivity index (χ4n) is 5.56. The Bertz CT molecular complexity index is 2190. The molecule has 0 unspecified atom stereocenters. The van der Waals surface area contributed by atoms with E-state index in [1.165, 1.54) is 6.07 Å². The minimum absolute atomic E-state index is 0.364. The second kappa shape index (κ2) is 8.36. The summed E-state index contributed by atoms with van der Waals surface area (Å²) in [6, 6.07) is 37.7. The topological polar surface area (TPSA) is 43.9 Å². The molecule has 0 N–H and O–H groups in total. The largest absolute Gasteiger partial charge is 0.453 e. The lowest BCUT2D eigenvalue weighted by Crippen LogP contribution is -2.00. The third kappa shape index (κ3) is 3.23. The zero-order valence-corrected chi connectivity index (χ0v) is 20.7. The molecule has 0 saturated heterocycles. The molecule has 5 aromatic carbocycles. The van der Waals surface area contributed by atoms with Gasteiger partial charge in [0.2, 0.25) is 0 Å². The molecule has 184 valence electrons. The summed E-state index contributed by atoms with van der Waals surface area (Å²) in [6.45, 7) is 0. The molecule has 0 atom stereocenters. The Morgan fingerprint density at radius 3 is 2.36 bits per heavy atom. The number of furan rings is 1. The number of para-hydroxylation sites is 3. The second-order valence-corrected chi connectivity index (χ2v) is 9.57. The molecule has 0 saturated carbocycles. The van der Waals surface area contributed by atoms with Gasteiger partial charge in [-0.3, -0.25) is 9.55 Å². The van der Waals surface area contributed by atoms with E-state index in [9.17, 15) is 0 Å². The highest BCUT2D eigenvalue weighted by atomic mass is 19.1. The highest BCUT2D eigenvalue weighted by Crippen LogP contribution is 2.41. The Kier molecular flexibility index (Phi) is 4.67. The molecule has 0 aliphatic rings. The number of halogens is 1. The quantitative estimate of drug-likeness (QED) is 0.241. The predicted molar refractivity (Wildman–Crippen MR) is 154 cm³/mol. The van der Waals surface area contributed by atoms with E-state index in [1.807, 2.05) is 72.8 Å². The van der Waals surface area contributed by atoms with Gasteiger partial charge in [-0.05, 0) is 35.9 Å². The zero-order valence-electron chi connectivity index (χ0n) is 20.7. The van der Waals surface area contributed by atoms with Crippen LogP contribution in [0.5, 0.6) is 0 Å². The number of benzene rings is 5. The maximum absolute atomic E-state index is 15.4. The number of fused-ring (bicyclic) bond motifs is 6. The molecule has 0 fully saturated rings. The van der Waals surface area contributed by atoms with Crippen LogP contribution < -0.4 is 0 Å². The van der Waals surface area contributed by atoms with E-state index >= 15 is 4.39 Å². The van der Waals surface area contributed by atoms with Crippen molar-refractivity contribution in [3.05, 3.63) is 127 Å². The molecular formula is C34H20FN3O. The van der Waals surface area contributed by atoms with E-state index in [0.717, 1.165) is 38.6 Å². The fraction of sp³-hybridized carbons (Fsp3) is 0. The van der Waals surface area contributed by atoms with Gasteiger partial charge < -0.3 is 4.42 Å². The predicted octanol–water partition coefficient (Wildman–Crippen LogP) is 8.95. The van der Waals surface area contributed by atoms with Crippen molar-refractivity contribution < 1.29 is 8.81 Å². The SMILES string of the molecule is Fc1ccc(-c2nc3ccccc3n2-c2ccccc2-c2ccccc2)c2oc3c4ccccc4cnc3c12. The molecular weight excluding hydrogens is 485 g/mol. The zero-order chi connectivity index (χ0) is 25.9. The summed E-state index contributed by atoms with van der Waals surface area (Å²) in [5.74, 6) is 0.301. The lowest BCUT2D eigenvalue weighted by atomic mass is 10.0. The van der Waals surface area contributed by atoms with Crippen molar-refractivity contribution >= 4 is 43.9 Å². The highest BCUT2D eigenvalue weighted by Gasteiger charge is 2.24.